The molecular weight excluding hydrogens is 226 g/mol. The number of hydrogen-bond donors (Lipinski definition) is 1. The van der Waals surface area contributed by atoms with Crippen LogP contribution in [-0.4, -0.2) is 31.2 Å². The van der Waals surface area contributed by atoms with Crippen molar-refractivity contribution in [2.75, 3.05) is 11.2 Å². The molecule has 0 aromatic carbocycles. The first-order valence-electron chi connectivity index (χ1n) is 5.00. The molecule has 2 aromatic rings. The molecule has 1 N–H and O–H groups in total. The van der Waals surface area contributed by atoms with Gasteiger partial charge in [-0.2, -0.15) is 5.10 Å². The molecule has 0 atom stereocenters. The zero-order chi connectivity index (χ0) is 11.8. The van der Waals surface area contributed by atoms with E-state index >= 15 is 0 Å². The second kappa shape index (κ2) is 3.90. The van der Waals surface area contributed by atoms with Gasteiger partial charge in [0.25, 0.3) is 0 Å². The molecule has 0 saturated carbocycles. The summed E-state index contributed by atoms with van der Waals surface area (Å²) in [6, 6.07) is 0. The van der Waals surface area contributed by atoms with Gasteiger partial charge in [0.05, 0.1) is 11.6 Å². The Morgan fingerprint density at radius 3 is 2.88 bits per heavy atom. The van der Waals surface area contributed by atoms with Gasteiger partial charge in [0.1, 0.15) is 12.1 Å². The number of nitrogens with zero attached hydrogens (tertiary/aromatic N) is 4. The average molecular weight is 240 g/mol. The third-order valence-corrected chi connectivity index (χ3v) is 2.99. The van der Waals surface area contributed by atoms with Crippen molar-refractivity contribution in [2.24, 2.45) is 7.05 Å². The van der Waals surface area contributed by atoms with Crippen molar-refractivity contribution < 1.29 is 0 Å². The van der Waals surface area contributed by atoms with Gasteiger partial charge >= 0.3 is 0 Å². The Kier molecular flexibility index (Phi) is 2.71. The van der Waals surface area contributed by atoms with E-state index in [0.717, 1.165) is 16.9 Å². The van der Waals surface area contributed by atoms with E-state index in [1.54, 1.807) is 10.9 Å². The quantitative estimate of drug-likeness (QED) is 0.830. The van der Waals surface area contributed by atoms with Crippen molar-refractivity contribution in [1.82, 2.24) is 19.7 Å². The van der Waals surface area contributed by atoms with Gasteiger partial charge in [0.15, 0.2) is 5.65 Å². The number of halogens is 1. The minimum Gasteiger partial charge on any atom is -0.363 e. The third kappa shape index (κ3) is 1.95. The van der Waals surface area contributed by atoms with Crippen molar-refractivity contribution in [1.29, 1.82) is 0 Å². The van der Waals surface area contributed by atoms with Gasteiger partial charge in [0, 0.05) is 18.5 Å². The van der Waals surface area contributed by atoms with Crippen LogP contribution >= 0.6 is 11.6 Å². The predicted molar refractivity (Wildman–Crippen MR) is 64.7 cm³/mol. The van der Waals surface area contributed by atoms with Gasteiger partial charge in [-0.05, 0) is 13.8 Å². The fourth-order valence-electron chi connectivity index (χ4n) is 1.42. The van der Waals surface area contributed by atoms with Crippen LogP contribution in [0, 0.1) is 0 Å². The number of hydrogen-bond acceptors (Lipinski definition) is 4. The van der Waals surface area contributed by atoms with Crippen LogP contribution in [0.5, 0.6) is 0 Å². The fourth-order valence-corrected chi connectivity index (χ4v) is 1.48. The lowest BCUT2D eigenvalue weighted by atomic mass is 10.1. The zero-order valence-electron chi connectivity index (χ0n) is 9.53. The summed E-state index contributed by atoms with van der Waals surface area (Å²) in [4.78, 5) is 8.39. The van der Waals surface area contributed by atoms with Crippen LogP contribution in [0.3, 0.4) is 0 Å². The molecular formula is C10H14ClN5. The molecule has 0 aliphatic rings. The van der Waals surface area contributed by atoms with Crippen molar-refractivity contribution in [3.8, 4) is 0 Å². The summed E-state index contributed by atoms with van der Waals surface area (Å²) in [5, 5.41) is 8.35. The fraction of sp³-hybridized carbons (Fsp3) is 0.500. The van der Waals surface area contributed by atoms with Crippen molar-refractivity contribution in [2.45, 2.75) is 19.4 Å². The van der Waals surface area contributed by atoms with Gasteiger partial charge in [-0.25, -0.2) is 9.97 Å². The first-order valence-corrected chi connectivity index (χ1v) is 5.54. The Morgan fingerprint density at radius 1 is 1.44 bits per heavy atom. The summed E-state index contributed by atoms with van der Waals surface area (Å²) in [6.07, 6.45) is 3.28. The summed E-state index contributed by atoms with van der Waals surface area (Å²) in [6.45, 7) is 4.04. The molecule has 16 heavy (non-hydrogen) atoms. The number of rotatable bonds is 3. The molecule has 2 heterocycles. The van der Waals surface area contributed by atoms with E-state index < -0.39 is 0 Å². The standard InChI is InChI=1S/C10H14ClN5/c1-10(2,5-11)15-8-7-4-14-16(3)9(7)13-6-12-8/h4,6H,5H2,1-3H3,(H,12,13,15). The van der Waals surface area contributed by atoms with Gasteiger partial charge in [-0.1, -0.05) is 0 Å². The normalized spacial score (nSPS) is 12.0. The van der Waals surface area contributed by atoms with Gasteiger partial charge in [-0.15, -0.1) is 11.6 Å². The lowest BCUT2D eigenvalue weighted by Crippen LogP contribution is -2.33. The summed E-state index contributed by atoms with van der Waals surface area (Å²) < 4.78 is 1.72. The maximum absolute atomic E-state index is 5.87. The second-order valence-corrected chi connectivity index (χ2v) is 4.64. The minimum absolute atomic E-state index is 0.210. The predicted octanol–water partition coefficient (Wildman–Crippen LogP) is 1.79. The molecule has 0 unspecified atom stereocenters. The number of fused-ring (bicyclic) bond motifs is 1. The van der Waals surface area contributed by atoms with Gasteiger partial charge in [0.2, 0.25) is 0 Å². The maximum Gasteiger partial charge on any atom is 0.163 e. The number of nitrogens with one attached hydrogen (secondary N) is 1. The highest BCUT2D eigenvalue weighted by Crippen LogP contribution is 2.21. The second-order valence-electron chi connectivity index (χ2n) is 4.37. The van der Waals surface area contributed by atoms with Gasteiger partial charge < -0.3 is 5.32 Å². The molecule has 6 heteroatoms. The molecule has 0 amide bonds. The molecule has 0 fully saturated rings. The van der Waals surface area contributed by atoms with Crippen LogP contribution in [0.2, 0.25) is 0 Å². The topological polar surface area (TPSA) is 55.6 Å². The Morgan fingerprint density at radius 2 is 2.19 bits per heavy atom. The Labute approximate surface area is 98.8 Å². The summed E-state index contributed by atoms with van der Waals surface area (Å²) in [7, 11) is 1.85. The molecule has 0 aliphatic heterocycles. The molecule has 0 aliphatic carbocycles. The van der Waals surface area contributed by atoms with E-state index in [0.29, 0.717) is 5.88 Å². The molecule has 0 saturated heterocycles. The molecule has 0 bridgehead atoms. The van der Waals surface area contributed by atoms with Crippen LogP contribution in [-0.2, 0) is 7.05 Å². The lowest BCUT2D eigenvalue weighted by molar-refractivity contribution is 0.638. The number of aryl methyl sites for hydroxylation is 1. The smallest absolute Gasteiger partial charge is 0.163 e. The highest BCUT2D eigenvalue weighted by Gasteiger charge is 2.18. The van der Waals surface area contributed by atoms with E-state index in [1.165, 1.54) is 6.33 Å². The Bertz CT molecular complexity index is 505. The first-order chi connectivity index (χ1) is 7.53. The summed E-state index contributed by atoms with van der Waals surface area (Å²) in [5.41, 5.74) is 0.599. The zero-order valence-corrected chi connectivity index (χ0v) is 10.3. The Hall–Kier alpha value is -1.36. The van der Waals surface area contributed by atoms with E-state index in [1.807, 2.05) is 20.9 Å². The van der Waals surface area contributed by atoms with Crippen LogP contribution in [0.4, 0.5) is 5.82 Å². The molecule has 5 nitrogen and oxygen atoms in total. The number of anilines is 1. The van der Waals surface area contributed by atoms with E-state index in [2.05, 4.69) is 20.4 Å². The monoisotopic (exact) mass is 239 g/mol. The Balaban J connectivity index is 2.45. The minimum atomic E-state index is -0.210. The lowest BCUT2D eigenvalue weighted by Gasteiger charge is -2.24. The van der Waals surface area contributed by atoms with E-state index in [9.17, 15) is 0 Å². The van der Waals surface area contributed by atoms with Gasteiger partial charge in [-0.3, -0.25) is 4.68 Å². The molecule has 86 valence electrons. The molecule has 0 radical (unpaired) electrons. The first kappa shape index (κ1) is 11.1. The van der Waals surface area contributed by atoms with Crippen molar-refractivity contribution in [3.63, 3.8) is 0 Å². The SMILES string of the molecule is Cn1ncc2c(NC(C)(C)CCl)ncnc21. The highest BCUT2D eigenvalue weighted by atomic mass is 35.5. The summed E-state index contributed by atoms with van der Waals surface area (Å²) >= 11 is 5.87. The summed E-state index contributed by atoms with van der Waals surface area (Å²) in [5.74, 6) is 1.27. The third-order valence-electron chi connectivity index (χ3n) is 2.32. The van der Waals surface area contributed by atoms with Crippen LogP contribution in [0.15, 0.2) is 12.5 Å². The maximum atomic E-state index is 5.87. The van der Waals surface area contributed by atoms with Crippen LogP contribution in [0.25, 0.3) is 11.0 Å². The van der Waals surface area contributed by atoms with E-state index in [-0.39, 0.29) is 5.54 Å². The van der Waals surface area contributed by atoms with E-state index in [4.69, 9.17) is 11.6 Å². The molecule has 2 aromatic heterocycles. The van der Waals surface area contributed by atoms with Crippen molar-refractivity contribution in [3.05, 3.63) is 12.5 Å². The van der Waals surface area contributed by atoms with Crippen LogP contribution < -0.4 is 5.32 Å². The van der Waals surface area contributed by atoms with Crippen LogP contribution in [0.1, 0.15) is 13.8 Å². The number of alkyl halides is 1. The molecule has 0 spiro atoms. The average Bonchev–Trinajstić information content (AvgIpc) is 2.62. The largest absolute Gasteiger partial charge is 0.363 e. The highest BCUT2D eigenvalue weighted by molar-refractivity contribution is 6.18. The van der Waals surface area contributed by atoms with Crippen molar-refractivity contribution >= 4 is 28.5 Å². The molecule has 2 rings (SSSR count). The number of aromatic nitrogens is 4.